The second-order valence-corrected chi connectivity index (χ2v) is 13.8. The molecule has 6 aliphatic rings. The maximum atomic E-state index is 13.7. The molecule has 3 aliphatic heterocycles. The molecule has 3 aliphatic carbocycles. The van der Waals surface area contributed by atoms with Gasteiger partial charge in [0.2, 0.25) is 5.91 Å². The van der Waals surface area contributed by atoms with Crippen LogP contribution in [0.25, 0.3) is 6.08 Å². The molecule has 4 fully saturated rings. The predicted octanol–water partition coefficient (Wildman–Crippen LogP) is 1.52. The first kappa shape index (κ1) is 31.6. The number of hydrogen-bond donors (Lipinski definition) is 6. The molecule has 47 heavy (non-hydrogen) atoms. The number of piperidine rings is 1. The van der Waals surface area contributed by atoms with E-state index in [1.165, 1.54) is 18.4 Å². The van der Waals surface area contributed by atoms with Crippen LogP contribution in [-0.4, -0.2) is 114 Å². The van der Waals surface area contributed by atoms with E-state index in [9.17, 15) is 24.6 Å². The van der Waals surface area contributed by atoms with Crippen LogP contribution in [0.1, 0.15) is 55.2 Å². The number of carboxylic acids is 2. The third-order valence-corrected chi connectivity index (χ3v) is 11.2. The highest BCUT2D eigenvalue weighted by Crippen LogP contribution is 2.66. The van der Waals surface area contributed by atoms with Crippen molar-refractivity contribution in [3.05, 3.63) is 64.7 Å². The minimum absolute atomic E-state index is 0.0553. The van der Waals surface area contributed by atoms with Crippen LogP contribution in [0.4, 0.5) is 0 Å². The molecule has 2 saturated carbocycles. The second kappa shape index (κ2) is 11.6. The summed E-state index contributed by atoms with van der Waals surface area (Å²) < 4.78 is 6.69. The Morgan fingerprint density at radius 3 is 2.34 bits per heavy atom. The average molecular weight is 649 g/mol. The Kier molecular flexibility index (Phi) is 7.82. The number of amides is 1. The fourth-order valence-electron chi connectivity index (χ4n) is 8.88. The zero-order chi connectivity index (χ0) is 33.2. The van der Waals surface area contributed by atoms with E-state index in [4.69, 9.17) is 25.2 Å². The smallest absolute Gasteiger partial charge is 0.335 e. The Bertz CT molecular complexity index is 1610. The number of aliphatic hydroxyl groups excluding tert-OH is 2. The maximum absolute atomic E-state index is 13.7. The lowest BCUT2D eigenvalue weighted by molar-refractivity contribution is -0.200. The number of phenols is 1. The Morgan fingerprint density at radius 1 is 0.979 bits per heavy atom. The number of aliphatic hydroxyl groups is 3. The van der Waals surface area contributed by atoms with Gasteiger partial charge in [0.15, 0.2) is 23.7 Å². The molecule has 2 bridgehead atoms. The quantitative estimate of drug-likeness (QED) is 0.239. The summed E-state index contributed by atoms with van der Waals surface area (Å²) in [4.78, 5) is 37.8. The van der Waals surface area contributed by atoms with Gasteiger partial charge in [-0.25, -0.2) is 9.59 Å². The van der Waals surface area contributed by atoms with Crippen LogP contribution < -0.4 is 4.74 Å². The molecular weight excluding hydrogens is 608 g/mol. The Morgan fingerprint density at radius 2 is 1.68 bits per heavy atom. The van der Waals surface area contributed by atoms with Crippen LogP contribution >= 0.6 is 0 Å². The molecule has 0 radical (unpaired) electrons. The molecule has 1 amide bonds. The monoisotopic (exact) mass is 648 g/mol. The van der Waals surface area contributed by atoms with E-state index < -0.39 is 35.2 Å². The molecule has 2 aromatic carbocycles. The number of likely N-dealkylation sites (tertiary alicyclic amines) is 2. The number of rotatable bonds is 7. The first-order chi connectivity index (χ1) is 22.5. The zero-order valence-electron chi connectivity index (χ0n) is 25.9. The van der Waals surface area contributed by atoms with E-state index >= 15 is 0 Å². The number of aliphatic carboxylic acids is 2. The van der Waals surface area contributed by atoms with Crippen molar-refractivity contribution in [1.82, 2.24) is 9.80 Å². The number of nitrogens with zero attached hydrogens (tertiary/aromatic N) is 2. The molecular formula is C35H40N2O10. The van der Waals surface area contributed by atoms with Crippen molar-refractivity contribution in [2.45, 2.75) is 86.4 Å². The molecule has 2 saturated heterocycles. The lowest BCUT2D eigenvalue weighted by Gasteiger charge is -2.64. The van der Waals surface area contributed by atoms with Crippen LogP contribution in [0.3, 0.4) is 0 Å². The molecule has 2 aromatic rings. The summed E-state index contributed by atoms with van der Waals surface area (Å²) in [5.41, 5.74) is 2.60. The molecule has 1 spiro atoms. The highest BCUT2D eigenvalue weighted by Gasteiger charge is 2.73. The van der Waals surface area contributed by atoms with Crippen molar-refractivity contribution >= 4 is 23.9 Å². The van der Waals surface area contributed by atoms with Gasteiger partial charge >= 0.3 is 11.9 Å². The number of carbonyl (C=O) groups is 3. The normalized spacial score (nSPS) is 32.6. The topological polar surface area (TPSA) is 188 Å². The largest absolute Gasteiger partial charge is 0.504 e. The first-order valence-electron chi connectivity index (χ1n) is 16.3. The number of aromatic hydroxyl groups is 1. The lowest BCUT2D eigenvalue weighted by atomic mass is 9.48. The van der Waals surface area contributed by atoms with Gasteiger partial charge in [0, 0.05) is 30.3 Å². The van der Waals surface area contributed by atoms with Crippen LogP contribution in [0.5, 0.6) is 11.5 Å². The first-order valence-corrected chi connectivity index (χ1v) is 16.3. The van der Waals surface area contributed by atoms with Crippen molar-refractivity contribution in [3.8, 4) is 11.5 Å². The van der Waals surface area contributed by atoms with Crippen LogP contribution in [0.15, 0.2) is 48.0 Å². The van der Waals surface area contributed by atoms with Gasteiger partial charge in [-0.3, -0.25) is 9.69 Å². The summed E-state index contributed by atoms with van der Waals surface area (Å²) in [6.45, 7) is 2.66. The van der Waals surface area contributed by atoms with Crippen molar-refractivity contribution < 1.29 is 49.8 Å². The van der Waals surface area contributed by atoms with Crippen molar-refractivity contribution in [2.24, 2.45) is 5.92 Å². The van der Waals surface area contributed by atoms with E-state index in [2.05, 4.69) is 4.90 Å². The minimum atomic E-state index is -2.27. The number of benzene rings is 2. The lowest BCUT2D eigenvalue weighted by Crippen LogP contribution is -2.78. The van der Waals surface area contributed by atoms with Gasteiger partial charge in [-0.1, -0.05) is 36.4 Å². The average Bonchev–Trinajstić information content (AvgIpc) is 3.70. The SMILES string of the molecule is O=C(O)C(O)C(O)C(=O)O.O=C1C(=Cc2ccccc2)CCN1[C@@H]1CC[C@@]2(O)[C@H]3Cc4ccc(O)c5c4[C@@]2(CCN3CC2CC2)[C@H]1O5. The van der Waals surface area contributed by atoms with Gasteiger partial charge in [0.25, 0.3) is 0 Å². The van der Waals surface area contributed by atoms with Crippen LogP contribution in [0, 0.1) is 5.92 Å². The standard InChI is InChI=1S/C31H34N2O4.C4H6O6/c34-24-9-8-21-17-25-31(36)12-10-23(33-14-11-22(29(33)35)16-19-4-2-1-3-5-19)28-30(31,26(21)27(24)37-28)13-15-32(25)18-20-6-7-20;5-1(3(7)8)2(6)4(9)10/h1-5,8-9,16,20,23,25,28,34,36H,6-7,10-15,17-18H2;1-2,5-6H,(H,7,8)(H,9,10)/t23-,25-,28+,30+,31-;/m1./s1. The number of carbonyl (C=O) groups excluding carboxylic acids is 1. The summed E-state index contributed by atoms with van der Waals surface area (Å²) in [6, 6.07) is 13.8. The Balaban J connectivity index is 0.000000308. The second-order valence-electron chi connectivity index (χ2n) is 13.8. The van der Waals surface area contributed by atoms with Gasteiger partial charge in [-0.15, -0.1) is 0 Å². The van der Waals surface area contributed by atoms with E-state index in [-0.39, 0.29) is 29.8 Å². The molecule has 250 valence electrons. The van der Waals surface area contributed by atoms with E-state index in [1.807, 2.05) is 47.4 Å². The van der Waals surface area contributed by atoms with E-state index in [0.29, 0.717) is 25.1 Å². The Labute approximate surface area is 271 Å². The minimum Gasteiger partial charge on any atom is -0.504 e. The van der Waals surface area contributed by atoms with Gasteiger partial charge in [-0.2, -0.15) is 0 Å². The molecule has 8 rings (SSSR count). The van der Waals surface area contributed by atoms with Gasteiger partial charge < -0.3 is 40.3 Å². The molecule has 3 heterocycles. The third-order valence-electron chi connectivity index (χ3n) is 11.2. The van der Waals surface area contributed by atoms with Crippen molar-refractivity contribution in [1.29, 1.82) is 0 Å². The predicted molar refractivity (Wildman–Crippen MR) is 167 cm³/mol. The van der Waals surface area contributed by atoms with Gasteiger partial charge in [-0.05, 0) is 80.7 Å². The number of carboxylic acid groups (broad SMARTS) is 2. The summed E-state index contributed by atoms with van der Waals surface area (Å²) in [6.07, 6.45) is 3.40. The molecule has 7 atom stereocenters. The fourth-order valence-corrected chi connectivity index (χ4v) is 8.88. The van der Waals surface area contributed by atoms with Crippen LogP contribution in [-0.2, 0) is 26.2 Å². The summed E-state index contributed by atoms with van der Waals surface area (Å²) in [7, 11) is 0. The zero-order valence-corrected chi connectivity index (χ0v) is 25.9. The fraction of sp³-hybridized carbons (Fsp3) is 0.514. The molecule has 0 aromatic heterocycles. The summed E-state index contributed by atoms with van der Waals surface area (Å²) in [5, 5.41) is 56.1. The molecule has 12 heteroatoms. The highest BCUT2D eigenvalue weighted by molar-refractivity contribution is 6.00. The van der Waals surface area contributed by atoms with Gasteiger partial charge in [0.1, 0.15) is 6.10 Å². The molecule has 12 nitrogen and oxygen atoms in total. The highest BCUT2D eigenvalue weighted by atomic mass is 16.5. The van der Waals surface area contributed by atoms with E-state index in [1.54, 1.807) is 6.07 Å². The summed E-state index contributed by atoms with van der Waals surface area (Å²) >= 11 is 0. The number of hydrogen-bond acceptors (Lipinski definition) is 9. The summed E-state index contributed by atoms with van der Waals surface area (Å²) in [5.74, 6) is -1.99. The number of ether oxygens (including phenoxy) is 1. The molecule has 6 N–H and O–H groups in total. The third kappa shape index (κ3) is 5.00. The molecule has 2 unspecified atom stereocenters. The van der Waals surface area contributed by atoms with Gasteiger partial charge in [0.05, 0.1) is 17.1 Å². The Hall–Kier alpha value is -3.97. The van der Waals surface area contributed by atoms with Crippen molar-refractivity contribution in [3.63, 3.8) is 0 Å². The van der Waals surface area contributed by atoms with Crippen molar-refractivity contribution in [2.75, 3.05) is 19.6 Å². The van der Waals surface area contributed by atoms with Crippen LogP contribution in [0.2, 0.25) is 0 Å². The number of phenolic OH excluding ortho intramolecular Hbond substituents is 1. The van der Waals surface area contributed by atoms with E-state index in [0.717, 1.165) is 55.0 Å². The maximum Gasteiger partial charge on any atom is 0.335 e.